The normalized spacial score (nSPS) is 20.9. The maximum atomic E-state index is 12.3. The summed E-state index contributed by atoms with van der Waals surface area (Å²) in [6, 6.07) is 0. The van der Waals surface area contributed by atoms with Crippen LogP contribution in [0.2, 0.25) is 0 Å². The predicted molar refractivity (Wildman–Crippen MR) is 84.2 cm³/mol. The summed E-state index contributed by atoms with van der Waals surface area (Å²) >= 11 is 1.57. The molecule has 1 amide bonds. The lowest BCUT2D eigenvalue weighted by Crippen LogP contribution is -2.47. The number of aromatic nitrogens is 1. The molecule has 1 aromatic heterocycles. The van der Waals surface area contributed by atoms with Crippen LogP contribution in [-0.2, 0) is 11.2 Å². The highest BCUT2D eigenvalue weighted by Gasteiger charge is 2.43. The summed E-state index contributed by atoms with van der Waals surface area (Å²) in [5.41, 5.74) is 1.97. The Morgan fingerprint density at radius 3 is 2.64 bits per heavy atom. The van der Waals surface area contributed by atoms with E-state index in [0.29, 0.717) is 25.2 Å². The second kappa shape index (κ2) is 5.33. The molecule has 5 nitrogen and oxygen atoms in total. The van der Waals surface area contributed by atoms with E-state index in [-0.39, 0.29) is 17.3 Å². The van der Waals surface area contributed by atoms with E-state index < -0.39 is 5.60 Å². The fourth-order valence-corrected chi connectivity index (χ4v) is 4.25. The molecule has 2 heterocycles. The van der Waals surface area contributed by atoms with Gasteiger partial charge >= 0.3 is 6.09 Å². The molecule has 0 atom stereocenters. The Hall–Kier alpha value is -1.43. The maximum absolute atomic E-state index is 12.3. The van der Waals surface area contributed by atoms with E-state index in [1.54, 1.807) is 21.7 Å². The van der Waals surface area contributed by atoms with Crippen molar-refractivity contribution in [1.82, 2.24) is 9.88 Å². The molecule has 1 aromatic rings. The largest absolute Gasteiger partial charge is 0.444 e. The first-order chi connectivity index (χ1) is 10.3. The lowest BCUT2D eigenvalue weighted by atomic mass is 9.68. The number of carbonyl (C=O) groups is 2. The van der Waals surface area contributed by atoms with Gasteiger partial charge in [0.15, 0.2) is 5.78 Å². The van der Waals surface area contributed by atoms with Crippen LogP contribution < -0.4 is 0 Å². The standard InChI is InChI=1S/C16H22N2O3S/c1-15(2,3)21-14(20)18-6-4-16(5-7-18)8-11(19)13-12(9-16)22-10-17-13/h10H,4-9H2,1-3H3. The molecule has 22 heavy (non-hydrogen) atoms. The number of thiazole rings is 1. The molecule has 0 N–H and O–H groups in total. The van der Waals surface area contributed by atoms with Crippen molar-refractivity contribution >= 4 is 23.2 Å². The van der Waals surface area contributed by atoms with E-state index in [1.165, 1.54) is 0 Å². The fraction of sp³-hybridized carbons (Fsp3) is 0.688. The summed E-state index contributed by atoms with van der Waals surface area (Å²) in [4.78, 5) is 31.5. The Morgan fingerprint density at radius 1 is 1.32 bits per heavy atom. The van der Waals surface area contributed by atoms with E-state index >= 15 is 0 Å². The lowest BCUT2D eigenvalue weighted by molar-refractivity contribution is 0.00895. The van der Waals surface area contributed by atoms with Gasteiger partial charge in [-0.3, -0.25) is 4.79 Å². The summed E-state index contributed by atoms with van der Waals surface area (Å²) in [6.45, 7) is 6.96. The zero-order chi connectivity index (χ0) is 16.0. The number of nitrogens with zero attached hydrogens (tertiary/aromatic N) is 2. The number of rotatable bonds is 0. The van der Waals surface area contributed by atoms with Gasteiger partial charge in [-0.05, 0) is 45.4 Å². The number of ether oxygens (including phenoxy) is 1. The number of Topliss-reactive ketones (excluding diaryl/α,β-unsaturated/α-hetero) is 1. The smallest absolute Gasteiger partial charge is 0.410 e. The molecule has 1 saturated heterocycles. The topological polar surface area (TPSA) is 59.5 Å². The molecule has 6 heteroatoms. The van der Waals surface area contributed by atoms with Gasteiger partial charge in [-0.25, -0.2) is 9.78 Å². The second-order valence-electron chi connectivity index (χ2n) is 7.37. The molecular formula is C16H22N2O3S. The molecule has 0 unspecified atom stereocenters. The van der Waals surface area contributed by atoms with Crippen molar-refractivity contribution < 1.29 is 14.3 Å². The first kappa shape index (κ1) is 15.5. The zero-order valence-electron chi connectivity index (χ0n) is 13.3. The van der Waals surface area contributed by atoms with Crippen LogP contribution in [-0.4, -0.2) is 40.5 Å². The van der Waals surface area contributed by atoms with Crippen molar-refractivity contribution in [2.75, 3.05) is 13.1 Å². The van der Waals surface area contributed by atoms with E-state index in [1.807, 2.05) is 20.8 Å². The number of piperidine rings is 1. The number of fused-ring (bicyclic) bond motifs is 1. The average molecular weight is 322 g/mol. The molecule has 120 valence electrons. The van der Waals surface area contributed by atoms with Gasteiger partial charge in [-0.1, -0.05) is 0 Å². The van der Waals surface area contributed by atoms with Crippen LogP contribution >= 0.6 is 11.3 Å². The van der Waals surface area contributed by atoms with Crippen LogP contribution in [0.15, 0.2) is 5.51 Å². The summed E-state index contributed by atoms with van der Waals surface area (Å²) in [5, 5.41) is 0. The molecule has 3 rings (SSSR count). The molecule has 0 bridgehead atoms. The van der Waals surface area contributed by atoms with Crippen molar-refractivity contribution in [2.24, 2.45) is 5.41 Å². The minimum Gasteiger partial charge on any atom is -0.444 e. The molecule has 1 fully saturated rings. The van der Waals surface area contributed by atoms with Crippen LogP contribution in [0.5, 0.6) is 0 Å². The number of hydrogen-bond acceptors (Lipinski definition) is 5. The third-order valence-corrected chi connectivity index (χ3v) is 5.28. The minimum absolute atomic E-state index is 0.00906. The van der Waals surface area contributed by atoms with E-state index in [9.17, 15) is 9.59 Å². The van der Waals surface area contributed by atoms with Crippen LogP contribution in [0.3, 0.4) is 0 Å². The summed E-state index contributed by atoms with van der Waals surface area (Å²) < 4.78 is 5.43. The zero-order valence-corrected chi connectivity index (χ0v) is 14.2. The number of ketones is 1. The highest BCUT2D eigenvalue weighted by Crippen LogP contribution is 2.44. The van der Waals surface area contributed by atoms with Gasteiger partial charge in [0, 0.05) is 24.4 Å². The quantitative estimate of drug-likeness (QED) is 0.735. The van der Waals surface area contributed by atoms with Crippen molar-refractivity contribution in [3.63, 3.8) is 0 Å². The Balaban J connectivity index is 1.65. The van der Waals surface area contributed by atoms with Gasteiger partial charge in [-0.2, -0.15) is 0 Å². The van der Waals surface area contributed by atoms with Gasteiger partial charge in [0.05, 0.1) is 5.51 Å². The van der Waals surface area contributed by atoms with E-state index in [0.717, 1.165) is 24.1 Å². The minimum atomic E-state index is -0.468. The Kier molecular flexibility index (Phi) is 3.75. The Labute approximate surface area is 134 Å². The molecule has 0 saturated carbocycles. The molecule has 0 radical (unpaired) electrons. The van der Waals surface area contributed by atoms with Gasteiger partial charge < -0.3 is 9.64 Å². The predicted octanol–water partition coefficient (Wildman–Crippen LogP) is 3.29. The van der Waals surface area contributed by atoms with Crippen LogP contribution in [0.25, 0.3) is 0 Å². The third kappa shape index (κ3) is 3.02. The molecule has 1 aliphatic carbocycles. The Morgan fingerprint density at radius 2 is 2.00 bits per heavy atom. The van der Waals surface area contributed by atoms with Gasteiger partial charge in [0.1, 0.15) is 11.3 Å². The fourth-order valence-electron chi connectivity index (χ4n) is 3.29. The summed E-state index contributed by atoms with van der Waals surface area (Å²) in [6.07, 6.45) is 2.94. The molecule has 2 aliphatic rings. The summed E-state index contributed by atoms with van der Waals surface area (Å²) in [5.74, 6) is 0.160. The van der Waals surface area contributed by atoms with Gasteiger partial charge in [0.25, 0.3) is 0 Å². The second-order valence-corrected chi connectivity index (χ2v) is 8.31. The SMILES string of the molecule is CC(C)(C)OC(=O)N1CCC2(CC1)CC(=O)c1ncsc1C2. The molecular weight excluding hydrogens is 300 g/mol. The number of carbonyl (C=O) groups excluding carboxylic acids is 2. The molecule has 1 spiro atoms. The van der Waals surface area contributed by atoms with E-state index in [4.69, 9.17) is 4.74 Å². The highest BCUT2D eigenvalue weighted by molar-refractivity contribution is 7.10. The van der Waals surface area contributed by atoms with Crippen LogP contribution in [0.4, 0.5) is 4.79 Å². The van der Waals surface area contributed by atoms with Gasteiger partial charge in [0.2, 0.25) is 0 Å². The lowest BCUT2D eigenvalue weighted by Gasteiger charge is -2.43. The van der Waals surface area contributed by atoms with Crippen molar-refractivity contribution in [2.45, 2.75) is 52.1 Å². The van der Waals surface area contributed by atoms with Crippen molar-refractivity contribution in [3.05, 3.63) is 16.1 Å². The van der Waals surface area contributed by atoms with Crippen LogP contribution in [0, 0.1) is 5.41 Å². The monoisotopic (exact) mass is 322 g/mol. The summed E-state index contributed by atoms with van der Waals surface area (Å²) in [7, 11) is 0. The Bertz CT molecular complexity index is 595. The number of likely N-dealkylation sites (tertiary alicyclic amines) is 1. The number of amides is 1. The number of hydrogen-bond donors (Lipinski definition) is 0. The van der Waals surface area contributed by atoms with Crippen molar-refractivity contribution in [3.8, 4) is 0 Å². The average Bonchev–Trinajstić information content (AvgIpc) is 2.85. The highest BCUT2D eigenvalue weighted by atomic mass is 32.1. The third-order valence-electron chi connectivity index (χ3n) is 4.45. The van der Waals surface area contributed by atoms with Crippen molar-refractivity contribution in [1.29, 1.82) is 0 Å². The maximum Gasteiger partial charge on any atom is 0.410 e. The molecule has 1 aliphatic heterocycles. The first-order valence-corrected chi connectivity index (χ1v) is 8.60. The van der Waals surface area contributed by atoms with E-state index in [2.05, 4.69) is 4.98 Å². The molecule has 0 aromatic carbocycles. The first-order valence-electron chi connectivity index (χ1n) is 7.72. The van der Waals surface area contributed by atoms with Crippen LogP contribution in [0.1, 0.15) is 55.4 Å². The van der Waals surface area contributed by atoms with Gasteiger partial charge in [-0.15, -0.1) is 11.3 Å².